The number of hydrogen-bond donors (Lipinski definition) is 1. The highest BCUT2D eigenvalue weighted by molar-refractivity contribution is 6.99. The van der Waals surface area contributed by atoms with Crippen LogP contribution in [0.1, 0.15) is 138 Å². The lowest BCUT2D eigenvalue weighted by molar-refractivity contribution is -0.127. The minimum absolute atomic E-state index is 0.0140. The Morgan fingerprint density at radius 1 is 0.785 bits per heavy atom. The number of carbonyl (C=O) groups is 2. The Hall–Kier alpha value is -3.24. The number of benzene rings is 2. The molecule has 0 saturated carbocycles. The zero-order chi connectivity index (χ0) is 49.0. The number of aliphatic hydroxyl groups excluding tert-OH is 1. The van der Waals surface area contributed by atoms with E-state index >= 15 is 0 Å². The summed E-state index contributed by atoms with van der Waals surface area (Å²) >= 11 is 0. The zero-order valence-electron chi connectivity index (χ0n) is 43.0. The summed E-state index contributed by atoms with van der Waals surface area (Å²) in [7, 11) is -1.70. The van der Waals surface area contributed by atoms with Crippen LogP contribution in [0.2, 0.25) is 23.2 Å². The number of methoxy groups -OCH3 is 2. The fourth-order valence-electron chi connectivity index (χ4n) is 8.40. The van der Waals surface area contributed by atoms with Crippen LogP contribution in [0.4, 0.5) is 0 Å². The fraction of sp³-hybridized carbons (Fsp3) is 0.642. The molecule has 1 heterocycles. The molecule has 1 N–H and O–H groups in total. The number of hydrogen-bond acceptors (Lipinski definition) is 10. The van der Waals surface area contributed by atoms with Gasteiger partial charge in [-0.25, -0.2) is 9.78 Å². The van der Waals surface area contributed by atoms with Gasteiger partial charge in [0, 0.05) is 45.5 Å². The van der Waals surface area contributed by atoms with Gasteiger partial charge in [0.05, 0.1) is 24.4 Å². The molecule has 0 aliphatic rings. The molecule has 12 heteroatoms. The molecule has 3 aromatic rings. The number of Topliss-reactive ketones (excluding diaryl/α,β-unsaturated/α-hetero) is 1. The topological polar surface area (TPSA) is 127 Å². The second-order valence-electron chi connectivity index (χ2n) is 21.8. The smallest absolute Gasteiger partial charge is 0.360 e. The molecule has 0 saturated heterocycles. The van der Waals surface area contributed by atoms with E-state index in [-0.39, 0.29) is 69.4 Å². The number of oxazole rings is 1. The second kappa shape index (κ2) is 24.2. The van der Waals surface area contributed by atoms with Crippen molar-refractivity contribution in [3.05, 3.63) is 84.6 Å². The Kier molecular flexibility index (Phi) is 20.9. The first-order valence-corrected chi connectivity index (χ1v) is 28.5. The largest absolute Gasteiger partial charge is 0.455 e. The van der Waals surface area contributed by atoms with Crippen molar-refractivity contribution in [3.63, 3.8) is 0 Å². The first-order chi connectivity index (χ1) is 30.2. The molecule has 0 fully saturated rings. The first-order valence-electron chi connectivity index (χ1n) is 23.7. The van der Waals surface area contributed by atoms with Crippen LogP contribution in [0.5, 0.6) is 0 Å². The Morgan fingerprint density at radius 3 is 1.83 bits per heavy atom. The van der Waals surface area contributed by atoms with E-state index < -0.39 is 34.3 Å². The lowest BCUT2D eigenvalue weighted by atomic mass is 9.84. The minimum Gasteiger partial charge on any atom is -0.455 e. The van der Waals surface area contributed by atoms with Gasteiger partial charge in [-0.2, -0.15) is 0 Å². The summed E-state index contributed by atoms with van der Waals surface area (Å²) in [4.78, 5) is 30.9. The maximum absolute atomic E-state index is 14.3. The van der Waals surface area contributed by atoms with Crippen molar-refractivity contribution in [1.82, 2.24) is 4.98 Å². The van der Waals surface area contributed by atoms with Crippen LogP contribution >= 0.6 is 0 Å². The molecule has 0 aliphatic carbocycles. The molecule has 65 heavy (non-hydrogen) atoms. The summed E-state index contributed by atoms with van der Waals surface area (Å²) in [5, 5.41) is 13.8. The van der Waals surface area contributed by atoms with Crippen molar-refractivity contribution >= 4 is 44.8 Å². The molecule has 0 unspecified atom stereocenters. The lowest BCUT2D eigenvalue weighted by Gasteiger charge is -2.44. The van der Waals surface area contributed by atoms with Gasteiger partial charge in [-0.05, 0) is 91.5 Å². The average molecular weight is 936 g/mol. The van der Waals surface area contributed by atoms with E-state index in [1.165, 1.54) is 16.6 Å². The number of carbonyl (C=O) groups excluding carboxylic acids is 2. The van der Waals surface area contributed by atoms with E-state index in [9.17, 15) is 14.7 Å². The van der Waals surface area contributed by atoms with Crippen LogP contribution in [0.3, 0.4) is 0 Å². The molecule has 0 spiro atoms. The van der Waals surface area contributed by atoms with E-state index in [2.05, 4.69) is 134 Å². The summed E-state index contributed by atoms with van der Waals surface area (Å²) in [5.74, 6) is -0.559. The first kappa shape index (κ1) is 56.1. The molecule has 364 valence electrons. The fourth-order valence-corrected chi connectivity index (χ4v) is 14.4. The Bertz CT molecular complexity index is 1870. The van der Waals surface area contributed by atoms with Gasteiger partial charge in [-0.1, -0.05) is 136 Å². The van der Waals surface area contributed by atoms with Gasteiger partial charge >= 0.3 is 5.97 Å². The van der Waals surface area contributed by atoms with Gasteiger partial charge in [-0.3, -0.25) is 4.79 Å². The molecule has 0 bridgehead atoms. The minimum atomic E-state index is -2.73. The monoisotopic (exact) mass is 936 g/mol. The van der Waals surface area contributed by atoms with E-state index in [1.54, 1.807) is 41.1 Å². The number of nitrogens with zero attached hydrogens (tertiary/aromatic N) is 1. The number of aliphatic hydroxyl groups is 1. The quantitative estimate of drug-likeness (QED) is 0.0648. The van der Waals surface area contributed by atoms with Crippen LogP contribution in [0, 0.1) is 23.7 Å². The maximum Gasteiger partial charge on any atom is 0.360 e. The van der Waals surface area contributed by atoms with Crippen molar-refractivity contribution in [2.45, 2.75) is 175 Å². The molecule has 0 aliphatic heterocycles. The number of ketones is 1. The molecule has 8 atom stereocenters. The van der Waals surface area contributed by atoms with Crippen molar-refractivity contribution in [3.8, 4) is 0 Å². The molecule has 0 amide bonds. The highest BCUT2D eigenvalue weighted by Gasteiger charge is 2.50. The third-order valence-electron chi connectivity index (χ3n) is 13.6. The second-order valence-corrected chi connectivity index (χ2v) is 30.9. The third kappa shape index (κ3) is 15.7. The highest BCUT2D eigenvalue weighted by atomic mass is 28.4. The van der Waals surface area contributed by atoms with E-state index in [0.29, 0.717) is 32.3 Å². The molecule has 0 radical (unpaired) electrons. The Morgan fingerprint density at radius 2 is 1.34 bits per heavy atom. The maximum atomic E-state index is 14.3. The van der Waals surface area contributed by atoms with Crippen LogP contribution in [0.15, 0.2) is 77.4 Å². The number of rotatable bonds is 25. The highest BCUT2D eigenvalue weighted by Crippen LogP contribution is 2.41. The molecule has 3 rings (SSSR count). The summed E-state index contributed by atoms with van der Waals surface area (Å²) in [6.45, 7) is 32.4. The van der Waals surface area contributed by atoms with Crippen molar-refractivity contribution in [2.24, 2.45) is 23.7 Å². The summed E-state index contributed by atoms with van der Waals surface area (Å²) in [5.41, 5.74) is -0.539. The normalized spacial score (nSPS) is 17.0. The van der Waals surface area contributed by atoms with Crippen LogP contribution < -0.4 is 10.4 Å². The Labute approximate surface area is 394 Å². The summed E-state index contributed by atoms with van der Waals surface area (Å²) in [6.07, 6.45) is 5.93. The molecule has 10 nitrogen and oxygen atoms in total. The van der Waals surface area contributed by atoms with Gasteiger partial charge in [0.1, 0.15) is 17.6 Å². The predicted molar refractivity (Wildman–Crippen MR) is 269 cm³/mol. The number of ether oxygens (including phenoxy) is 3. The molecule has 1 aromatic heterocycles. The van der Waals surface area contributed by atoms with Gasteiger partial charge in [0.25, 0.3) is 8.32 Å². The van der Waals surface area contributed by atoms with Crippen molar-refractivity contribution < 1.29 is 42.2 Å². The zero-order valence-corrected chi connectivity index (χ0v) is 45.0. The van der Waals surface area contributed by atoms with Crippen LogP contribution in [-0.4, -0.2) is 89.3 Å². The van der Waals surface area contributed by atoms with Gasteiger partial charge < -0.3 is 32.6 Å². The number of aromatic nitrogens is 1. The van der Waals surface area contributed by atoms with E-state index in [4.69, 9.17) is 27.5 Å². The molecular weight excluding hydrogens is 851 g/mol. The summed E-state index contributed by atoms with van der Waals surface area (Å²) < 4.78 is 37.1. The SMILES string of the molecule is CO[C@@H](C/C=C/c1nc(C(=O)OC(C)(C)C)co1)[C@@H](C)[C@@H](O)C[C@H](OC)[C@@H](C)CCC(=O)[C@H](C)[C@H](O[Si](C)(C)C(C)(C)C)[C@H](C)CCO[Si](c1ccccc1)(c1ccccc1)C(C)(C)C. The number of esters is 1. The van der Waals surface area contributed by atoms with Gasteiger partial charge in [-0.15, -0.1) is 0 Å². The standard InChI is InChI=1S/C53H85NO9Si2/c1-37(47(59-15)35-45(56)39(3)46(58-14)29-24-30-48-54-43(36-60-48)50(57)62-51(5,6)7)31-32-44(55)40(4)49(63-64(16,17)52(8,9)10)38(2)33-34-61-65(53(11,12)13,41-25-20-18-21-26-41)42-27-22-19-23-28-42/h18-28,30,36-40,45-47,49,56H,29,31-35H2,1-17H3/b30-24+/t37-,38+,39-,40-,45-,46-,47-,49+/m0/s1. The van der Waals surface area contributed by atoms with E-state index in [1.807, 2.05) is 19.9 Å². The van der Waals surface area contributed by atoms with Crippen LogP contribution in [0.25, 0.3) is 6.08 Å². The molecular formula is C53H85NO9Si2. The van der Waals surface area contributed by atoms with Crippen molar-refractivity contribution in [2.75, 3.05) is 20.8 Å². The van der Waals surface area contributed by atoms with Crippen LogP contribution in [-0.2, 0) is 27.9 Å². The van der Waals surface area contributed by atoms with E-state index in [0.717, 1.165) is 6.42 Å². The lowest BCUT2D eigenvalue weighted by Crippen LogP contribution is -2.66. The molecule has 2 aromatic carbocycles. The van der Waals surface area contributed by atoms with Crippen molar-refractivity contribution in [1.29, 1.82) is 0 Å². The summed E-state index contributed by atoms with van der Waals surface area (Å²) in [6, 6.07) is 21.4. The van der Waals surface area contributed by atoms with Gasteiger partial charge in [0.2, 0.25) is 5.89 Å². The third-order valence-corrected chi connectivity index (χ3v) is 23.1. The Balaban J connectivity index is 1.69. The van der Waals surface area contributed by atoms with Gasteiger partial charge in [0.15, 0.2) is 14.0 Å². The average Bonchev–Trinajstić information content (AvgIpc) is 3.72. The predicted octanol–water partition coefficient (Wildman–Crippen LogP) is 11.1.